The van der Waals surface area contributed by atoms with Crippen molar-refractivity contribution in [2.45, 2.75) is 66.1 Å². The maximum Gasteiger partial charge on any atom is 0.340 e. The quantitative estimate of drug-likeness (QED) is 0.336. The van der Waals surface area contributed by atoms with Crippen molar-refractivity contribution >= 4 is 34.5 Å². The summed E-state index contributed by atoms with van der Waals surface area (Å²) < 4.78 is 26.3. The number of benzene rings is 2. The number of hydrogen-bond acceptors (Lipinski definition) is 4. The minimum absolute atomic E-state index is 0.169. The highest BCUT2D eigenvalue weighted by molar-refractivity contribution is 14.1. The molecule has 0 N–H and O–H groups in total. The molecule has 0 unspecified atom stereocenters. The number of carbonyl (C=O) groups excluding carboxylic acids is 2. The second-order valence-electron chi connectivity index (χ2n) is 9.60. The lowest BCUT2D eigenvalue weighted by atomic mass is 9.88. The first-order chi connectivity index (χ1) is 15.9. The average molecular weight is 581 g/mol. The van der Waals surface area contributed by atoms with Gasteiger partial charge in [0.2, 0.25) is 0 Å². The molecule has 2 aromatic carbocycles. The Morgan fingerprint density at radius 1 is 1.12 bits per heavy atom. The van der Waals surface area contributed by atoms with E-state index in [9.17, 15) is 14.0 Å². The summed E-state index contributed by atoms with van der Waals surface area (Å²) in [5.74, 6) is -0.981. The molecule has 0 spiro atoms. The predicted molar refractivity (Wildman–Crippen MR) is 139 cm³/mol. The first-order valence-electron chi connectivity index (χ1n) is 11.6. The van der Waals surface area contributed by atoms with Crippen molar-refractivity contribution in [3.05, 3.63) is 67.0 Å². The largest absolute Gasteiger partial charge is 0.464 e. The van der Waals surface area contributed by atoms with Gasteiger partial charge in [-0.05, 0) is 117 Å². The van der Waals surface area contributed by atoms with Gasteiger partial charge in [0.05, 0.1) is 12.2 Å². The summed E-state index contributed by atoms with van der Waals surface area (Å²) in [4.78, 5) is 27.8. The Balaban J connectivity index is 2.00. The molecule has 5 nitrogen and oxygen atoms in total. The van der Waals surface area contributed by atoms with E-state index in [1.807, 2.05) is 27.7 Å². The number of rotatable bonds is 5. The molecule has 1 atom stereocenters. The number of esters is 1. The van der Waals surface area contributed by atoms with Crippen molar-refractivity contribution in [1.29, 1.82) is 0 Å². The highest BCUT2D eigenvalue weighted by Gasteiger charge is 2.34. The van der Waals surface area contributed by atoms with E-state index in [0.29, 0.717) is 31.5 Å². The summed E-state index contributed by atoms with van der Waals surface area (Å²) in [6.07, 6.45) is 0.519. The molecule has 0 aliphatic carbocycles. The van der Waals surface area contributed by atoms with E-state index < -0.39 is 23.5 Å². The van der Waals surface area contributed by atoms with E-state index >= 15 is 0 Å². The lowest BCUT2D eigenvalue weighted by Crippen LogP contribution is -2.33. The fraction of sp³-hybridized carbons (Fsp3) is 0.481. The summed E-state index contributed by atoms with van der Waals surface area (Å²) in [5, 5.41) is 0. The Morgan fingerprint density at radius 3 is 2.29 bits per heavy atom. The van der Waals surface area contributed by atoms with Gasteiger partial charge in [0.1, 0.15) is 5.82 Å². The maximum absolute atomic E-state index is 13.7. The molecular formula is C27H33FINO4. The monoisotopic (exact) mass is 581 g/mol. The van der Waals surface area contributed by atoms with Gasteiger partial charge in [-0.3, -0.25) is 4.79 Å². The molecule has 1 aliphatic heterocycles. The lowest BCUT2D eigenvalue weighted by molar-refractivity contribution is -0.167. The molecule has 0 saturated heterocycles. The van der Waals surface area contributed by atoms with Crippen molar-refractivity contribution in [3.8, 4) is 0 Å². The molecule has 0 radical (unpaired) electrons. The smallest absolute Gasteiger partial charge is 0.340 e. The summed E-state index contributed by atoms with van der Waals surface area (Å²) in [7, 11) is 0. The number of hydrogen-bond donors (Lipinski definition) is 0. The van der Waals surface area contributed by atoms with Crippen LogP contribution in [0.2, 0.25) is 0 Å². The van der Waals surface area contributed by atoms with Crippen molar-refractivity contribution in [2.75, 3.05) is 19.7 Å². The van der Waals surface area contributed by atoms with Crippen LogP contribution in [-0.2, 0) is 27.1 Å². The average Bonchev–Trinajstić information content (AvgIpc) is 2.99. The van der Waals surface area contributed by atoms with Gasteiger partial charge in [-0.15, -0.1) is 0 Å². The van der Waals surface area contributed by atoms with E-state index in [1.165, 1.54) is 17.7 Å². The van der Waals surface area contributed by atoms with Crippen molar-refractivity contribution in [2.24, 2.45) is 0 Å². The van der Waals surface area contributed by atoms with Crippen molar-refractivity contribution in [1.82, 2.24) is 4.90 Å². The van der Waals surface area contributed by atoms with Gasteiger partial charge >= 0.3 is 5.97 Å². The summed E-state index contributed by atoms with van der Waals surface area (Å²) in [6, 6.07) is 5.83. The Labute approximate surface area is 215 Å². The molecule has 0 fully saturated rings. The number of carbonyl (C=O) groups is 2. The van der Waals surface area contributed by atoms with Crippen molar-refractivity contribution in [3.63, 3.8) is 0 Å². The molecule has 3 rings (SSSR count). The van der Waals surface area contributed by atoms with Gasteiger partial charge in [-0.1, -0.05) is 6.07 Å². The fourth-order valence-corrected chi connectivity index (χ4v) is 5.52. The van der Waals surface area contributed by atoms with Crippen LogP contribution in [-0.4, -0.2) is 42.1 Å². The second kappa shape index (κ2) is 10.7. The minimum atomic E-state index is -0.830. The van der Waals surface area contributed by atoms with Crippen LogP contribution < -0.4 is 0 Å². The van der Waals surface area contributed by atoms with Crippen molar-refractivity contribution < 1.29 is 23.5 Å². The highest BCUT2D eigenvalue weighted by atomic mass is 127. The van der Waals surface area contributed by atoms with E-state index in [1.54, 1.807) is 24.0 Å². The van der Waals surface area contributed by atoms with Crippen LogP contribution in [0.3, 0.4) is 0 Å². The van der Waals surface area contributed by atoms with Gasteiger partial charge < -0.3 is 14.4 Å². The van der Waals surface area contributed by atoms with E-state index in [4.69, 9.17) is 9.47 Å². The molecule has 0 saturated carbocycles. The van der Waals surface area contributed by atoms with Gasteiger partial charge in [-0.2, -0.15) is 0 Å². The first kappa shape index (κ1) is 26.6. The van der Waals surface area contributed by atoms with E-state index in [0.717, 1.165) is 25.8 Å². The normalized spacial score (nSPS) is 14.9. The Hall–Kier alpha value is -2.00. The van der Waals surface area contributed by atoms with Crippen LogP contribution in [0, 0.1) is 23.2 Å². The molecule has 1 amide bonds. The van der Waals surface area contributed by atoms with Gasteiger partial charge in [0.15, 0.2) is 6.10 Å². The van der Waals surface area contributed by atoms with Crippen LogP contribution >= 0.6 is 22.6 Å². The molecule has 2 aromatic rings. The molecular weight excluding hydrogens is 548 g/mol. The Bertz CT molecular complexity index is 1090. The number of ether oxygens (including phenoxy) is 2. The van der Waals surface area contributed by atoms with Crippen LogP contribution in [0.1, 0.15) is 72.0 Å². The summed E-state index contributed by atoms with van der Waals surface area (Å²) >= 11 is 2.30. The Kier molecular flexibility index (Phi) is 8.39. The van der Waals surface area contributed by atoms with Gasteiger partial charge in [0, 0.05) is 27.8 Å². The molecule has 184 valence electrons. The topological polar surface area (TPSA) is 55.8 Å². The fourth-order valence-electron chi connectivity index (χ4n) is 4.51. The molecule has 0 bridgehead atoms. The number of nitrogens with zero attached hydrogens (tertiary/aromatic N) is 1. The first-order valence-corrected chi connectivity index (χ1v) is 12.7. The highest BCUT2D eigenvalue weighted by Crippen LogP contribution is 2.38. The van der Waals surface area contributed by atoms with Gasteiger partial charge in [0.25, 0.3) is 5.91 Å². The lowest BCUT2D eigenvalue weighted by Gasteiger charge is -2.30. The molecule has 7 heteroatoms. The van der Waals surface area contributed by atoms with Crippen LogP contribution in [0.5, 0.6) is 0 Å². The van der Waals surface area contributed by atoms with Crippen LogP contribution in [0.4, 0.5) is 4.39 Å². The zero-order valence-corrected chi connectivity index (χ0v) is 22.9. The van der Waals surface area contributed by atoms with E-state index in [2.05, 4.69) is 29.5 Å². The predicted octanol–water partition coefficient (Wildman–Crippen LogP) is 5.71. The third-order valence-electron chi connectivity index (χ3n) is 6.10. The number of fused-ring (bicyclic) bond motifs is 1. The Morgan fingerprint density at radius 2 is 1.74 bits per heavy atom. The summed E-state index contributed by atoms with van der Waals surface area (Å²) in [6.45, 7) is 13.0. The number of amides is 1. The third kappa shape index (κ3) is 5.79. The second-order valence-corrected chi connectivity index (χ2v) is 10.7. The molecule has 0 aromatic heterocycles. The SMILES string of the molecule is CCOC(=O)[C@@H](OC(C)(C)C)c1c(C)c2c(c(C)c1I)CCN(C(=O)c1cccc(F)c1)CC2. The van der Waals surface area contributed by atoms with E-state index in [-0.39, 0.29) is 12.5 Å². The molecule has 1 heterocycles. The zero-order chi connectivity index (χ0) is 25.2. The summed E-state index contributed by atoms with van der Waals surface area (Å²) in [5.41, 5.74) is 5.12. The number of halogens is 2. The standard InChI is InChI=1S/C27H33FINO4/c1-7-33-26(32)24(34-27(4,5)6)22-16(2)20-11-13-30(14-12-21(20)17(3)23(22)29)25(31)18-9-8-10-19(28)15-18/h8-10,15,24H,7,11-14H2,1-6H3/t24-/m0/s1. The molecule has 1 aliphatic rings. The van der Waals surface area contributed by atoms with Crippen LogP contribution in [0.15, 0.2) is 24.3 Å². The minimum Gasteiger partial charge on any atom is -0.464 e. The van der Waals surface area contributed by atoms with Gasteiger partial charge in [-0.25, -0.2) is 9.18 Å². The zero-order valence-electron chi connectivity index (χ0n) is 20.8. The molecule has 34 heavy (non-hydrogen) atoms. The maximum atomic E-state index is 13.7. The third-order valence-corrected chi connectivity index (χ3v) is 7.49. The van der Waals surface area contributed by atoms with Crippen LogP contribution in [0.25, 0.3) is 0 Å².